The number of rotatable bonds is 4. The third-order valence-corrected chi connectivity index (χ3v) is 3.43. The van der Waals surface area contributed by atoms with Crippen molar-refractivity contribution in [3.8, 4) is 0 Å². The molecule has 1 heterocycles. The molecule has 1 aliphatic rings. The zero-order valence-corrected chi connectivity index (χ0v) is 11.0. The lowest BCUT2D eigenvalue weighted by Crippen LogP contribution is -2.37. The molecule has 0 aliphatic carbocycles. The van der Waals surface area contributed by atoms with Crippen LogP contribution in [0.25, 0.3) is 0 Å². The molecule has 1 unspecified atom stereocenters. The van der Waals surface area contributed by atoms with E-state index in [1.165, 1.54) is 4.90 Å². The summed E-state index contributed by atoms with van der Waals surface area (Å²) in [7, 11) is 0. The Morgan fingerprint density at radius 3 is 2.81 bits per heavy atom. The first kappa shape index (κ1) is 14.9. The van der Waals surface area contributed by atoms with Gasteiger partial charge in [-0.25, -0.2) is 4.39 Å². The predicted molar refractivity (Wildman–Crippen MR) is 69.4 cm³/mol. The fourth-order valence-corrected chi connectivity index (χ4v) is 2.51. The van der Waals surface area contributed by atoms with Crippen LogP contribution in [0.3, 0.4) is 0 Å². The number of nitro groups is 1. The Morgan fingerprint density at radius 1 is 1.48 bits per heavy atom. The van der Waals surface area contributed by atoms with Gasteiger partial charge in [-0.2, -0.15) is 0 Å². The zero-order chi connectivity index (χ0) is 15.6. The number of amides is 1. The first-order chi connectivity index (χ1) is 9.90. The largest absolute Gasteiger partial charge is 0.481 e. The van der Waals surface area contributed by atoms with E-state index in [-0.39, 0.29) is 12.0 Å². The molecule has 2 rings (SSSR count). The molecule has 112 valence electrons. The van der Waals surface area contributed by atoms with Gasteiger partial charge < -0.3 is 10.0 Å². The van der Waals surface area contributed by atoms with E-state index in [0.29, 0.717) is 19.4 Å². The maximum atomic E-state index is 13.3. The number of benzene rings is 1. The normalized spacial score (nSPS) is 17.8. The number of nitro benzene ring substituents is 1. The summed E-state index contributed by atoms with van der Waals surface area (Å²) in [6.45, 7) is 0.310. The third kappa shape index (κ3) is 3.15. The molecule has 0 bridgehead atoms. The highest BCUT2D eigenvalue weighted by Gasteiger charge is 2.34. The quantitative estimate of drug-likeness (QED) is 0.674. The van der Waals surface area contributed by atoms with Crippen molar-refractivity contribution in [2.45, 2.75) is 25.3 Å². The highest BCUT2D eigenvalue weighted by Crippen LogP contribution is 2.27. The molecule has 1 aromatic rings. The van der Waals surface area contributed by atoms with Gasteiger partial charge in [0.05, 0.1) is 11.3 Å². The van der Waals surface area contributed by atoms with Gasteiger partial charge in [-0.1, -0.05) is 0 Å². The van der Waals surface area contributed by atoms with Crippen molar-refractivity contribution in [1.29, 1.82) is 0 Å². The van der Waals surface area contributed by atoms with Gasteiger partial charge in [0.2, 0.25) is 0 Å². The van der Waals surface area contributed by atoms with Crippen LogP contribution in [0.5, 0.6) is 0 Å². The van der Waals surface area contributed by atoms with Crippen LogP contribution in [-0.4, -0.2) is 39.4 Å². The number of carboxylic acid groups (broad SMARTS) is 1. The number of aliphatic carboxylic acids is 1. The van der Waals surface area contributed by atoms with Gasteiger partial charge in [0, 0.05) is 18.7 Å². The van der Waals surface area contributed by atoms with Crippen LogP contribution < -0.4 is 0 Å². The standard InChI is InChI=1S/C13H13FN2O5/c14-8-3-4-11(16(20)21)10(6-8)13(19)15-5-1-2-9(15)7-12(17)18/h3-4,6,9H,1-2,5,7H2,(H,17,18). The molecular formula is C13H13FN2O5. The van der Waals surface area contributed by atoms with Crippen molar-refractivity contribution in [3.63, 3.8) is 0 Å². The minimum absolute atomic E-state index is 0.227. The van der Waals surface area contributed by atoms with Gasteiger partial charge in [-0.05, 0) is 25.0 Å². The molecule has 0 aromatic heterocycles. The average molecular weight is 296 g/mol. The van der Waals surface area contributed by atoms with E-state index in [9.17, 15) is 24.1 Å². The van der Waals surface area contributed by atoms with Gasteiger partial charge in [-0.15, -0.1) is 0 Å². The van der Waals surface area contributed by atoms with Crippen LogP contribution >= 0.6 is 0 Å². The SMILES string of the molecule is O=C(O)CC1CCCN1C(=O)c1cc(F)ccc1[N+](=O)[O-]. The summed E-state index contributed by atoms with van der Waals surface area (Å²) >= 11 is 0. The fourth-order valence-electron chi connectivity index (χ4n) is 2.51. The van der Waals surface area contributed by atoms with E-state index in [4.69, 9.17) is 5.11 Å². The smallest absolute Gasteiger partial charge is 0.305 e. The Balaban J connectivity index is 2.33. The summed E-state index contributed by atoms with van der Waals surface area (Å²) in [6, 6.07) is 2.15. The van der Waals surface area contributed by atoms with Crippen LogP contribution in [0.1, 0.15) is 29.6 Å². The van der Waals surface area contributed by atoms with E-state index >= 15 is 0 Å². The molecule has 1 N–H and O–H groups in total. The Morgan fingerprint density at radius 2 is 2.19 bits per heavy atom. The first-order valence-corrected chi connectivity index (χ1v) is 6.37. The second kappa shape index (κ2) is 5.86. The number of hydrogen-bond donors (Lipinski definition) is 1. The Bertz CT molecular complexity index is 604. The summed E-state index contributed by atoms with van der Waals surface area (Å²) in [4.78, 5) is 34.6. The predicted octanol–water partition coefficient (Wildman–Crippen LogP) is 1.81. The molecule has 0 saturated carbocycles. The minimum atomic E-state index is -1.05. The van der Waals surface area contributed by atoms with Gasteiger partial charge in [0.25, 0.3) is 11.6 Å². The molecule has 1 amide bonds. The summed E-state index contributed by atoms with van der Waals surface area (Å²) < 4.78 is 13.3. The fraction of sp³-hybridized carbons (Fsp3) is 0.385. The molecule has 21 heavy (non-hydrogen) atoms. The lowest BCUT2D eigenvalue weighted by molar-refractivity contribution is -0.385. The molecule has 8 heteroatoms. The Hall–Kier alpha value is -2.51. The van der Waals surface area contributed by atoms with Gasteiger partial charge in [0.1, 0.15) is 11.4 Å². The lowest BCUT2D eigenvalue weighted by atomic mass is 10.1. The Labute approximate surface area is 119 Å². The van der Waals surface area contributed by atoms with Crippen LogP contribution in [0.4, 0.5) is 10.1 Å². The molecule has 0 spiro atoms. The number of nitrogens with zero attached hydrogens (tertiary/aromatic N) is 2. The molecule has 1 atom stereocenters. The summed E-state index contributed by atoms with van der Waals surface area (Å²) in [6.07, 6.45) is 0.906. The van der Waals surface area contributed by atoms with Crippen molar-refractivity contribution >= 4 is 17.6 Å². The van der Waals surface area contributed by atoms with Crippen LogP contribution in [0, 0.1) is 15.9 Å². The van der Waals surface area contributed by atoms with E-state index in [0.717, 1.165) is 18.2 Å². The van der Waals surface area contributed by atoms with Crippen molar-refractivity contribution in [1.82, 2.24) is 4.90 Å². The summed E-state index contributed by atoms with van der Waals surface area (Å²) in [5.74, 6) is -2.50. The zero-order valence-electron chi connectivity index (χ0n) is 11.0. The second-order valence-corrected chi connectivity index (χ2v) is 4.81. The lowest BCUT2D eigenvalue weighted by Gasteiger charge is -2.23. The maximum Gasteiger partial charge on any atom is 0.305 e. The minimum Gasteiger partial charge on any atom is -0.481 e. The third-order valence-electron chi connectivity index (χ3n) is 3.43. The Kier molecular flexibility index (Phi) is 4.15. The van der Waals surface area contributed by atoms with Crippen molar-refractivity contribution < 1.29 is 24.0 Å². The van der Waals surface area contributed by atoms with E-state index in [2.05, 4.69) is 0 Å². The highest BCUT2D eigenvalue weighted by molar-refractivity contribution is 5.98. The number of carbonyl (C=O) groups excluding carboxylic acids is 1. The van der Waals surface area contributed by atoms with Crippen LogP contribution in [0.15, 0.2) is 18.2 Å². The number of carbonyl (C=O) groups is 2. The number of carboxylic acids is 1. The number of hydrogen-bond acceptors (Lipinski definition) is 4. The molecule has 1 aromatic carbocycles. The molecule has 7 nitrogen and oxygen atoms in total. The number of likely N-dealkylation sites (tertiary alicyclic amines) is 1. The second-order valence-electron chi connectivity index (χ2n) is 4.81. The molecule has 1 fully saturated rings. The molecule has 1 aliphatic heterocycles. The average Bonchev–Trinajstić information content (AvgIpc) is 2.84. The van der Waals surface area contributed by atoms with E-state index in [1.807, 2.05) is 0 Å². The highest BCUT2D eigenvalue weighted by atomic mass is 19.1. The van der Waals surface area contributed by atoms with Gasteiger partial charge in [0.15, 0.2) is 0 Å². The van der Waals surface area contributed by atoms with Crippen molar-refractivity contribution in [2.24, 2.45) is 0 Å². The van der Waals surface area contributed by atoms with Crippen molar-refractivity contribution in [3.05, 3.63) is 39.7 Å². The van der Waals surface area contributed by atoms with Gasteiger partial charge >= 0.3 is 5.97 Å². The molecule has 1 saturated heterocycles. The molecule has 0 radical (unpaired) electrons. The molecular weight excluding hydrogens is 283 g/mol. The van der Waals surface area contributed by atoms with Crippen LogP contribution in [0.2, 0.25) is 0 Å². The summed E-state index contributed by atoms with van der Waals surface area (Å²) in [5.41, 5.74) is -0.834. The van der Waals surface area contributed by atoms with Crippen molar-refractivity contribution in [2.75, 3.05) is 6.54 Å². The topological polar surface area (TPSA) is 101 Å². The monoisotopic (exact) mass is 296 g/mol. The maximum absolute atomic E-state index is 13.3. The van der Waals surface area contributed by atoms with E-state index < -0.39 is 34.3 Å². The van der Waals surface area contributed by atoms with Gasteiger partial charge in [-0.3, -0.25) is 19.7 Å². The summed E-state index contributed by atoms with van der Waals surface area (Å²) in [5, 5.41) is 19.8. The number of halogens is 1. The van der Waals surface area contributed by atoms with E-state index in [1.54, 1.807) is 0 Å². The van der Waals surface area contributed by atoms with Crippen LogP contribution in [-0.2, 0) is 4.79 Å². The first-order valence-electron chi connectivity index (χ1n) is 6.37.